The molecule has 1 heterocycles. The molecule has 1 N–H and O–H groups in total. The van der Waals surface area contributed by atoms with E-state index >= 15 is 0 Å². The molecule has 0 atom stereocenters. The molecule has 0 bridgehead atoms. The van der Waals surface area contributed by atoms with Crippen LogP contribution in [0.4, 0.5) is 10.2 Å². The second kappa shape index (κ2) is 6.17. The molecular weight excluding hydrogens is 265 g/mol. The first-order valence-corrected chi connectivity index (χ1v) is 6.11. The highest BCUT2D eigenvalue weighted by Gasteiger charge is 2.06. The Kier molecular flexibility index (Phi) is 4.32. The number of hydrogen-bond donors (Lipinski definition) is 1. The maximum absolute atomic E-state index is 13.0. The van der Waals surface area contributed by atoms with Crippen LogP contribution in [0.3, 0.4) is 0 Å². The van der Waals surface area contributed by atoms with Crippen LogP contribution in [0.5, 0.6) is 0 Å². The Hall–Kier alpha value is -2.12. The van der Waals surface area contributed by atoms with Gasteiger partial charge < -0.3 is 5.32 Å². The van der Waals surface area contributed by atoms with Crippen LogP contribution in [0, 0.1) is 17.1 Å². The van der Waals surface area contributed by atoms with E-state index in [-0.39, 0.29) is 5.82 Å². The Morgan fingerprint density at radius 1 is 1.37 bits per heavy atom. The highest BCUT2D eigenvalue weighted by atomic mass is 35.5. The summed E-state index contributed by atoms with van der Waals surface area (Å²) >= 11 is 6.01. The molecule has 96 valence electrons. The van der Waals surface area contributed by atoms with Crippen LogP contribution < -0.4 is 5.32 Å². The number of anilines is 1. The van der Waals surface area contributed by atoms with E-state index < -0.39 is 0 Å². The fraction of sp³-hybridized carbons (Fsp3) is 0.143. The smallest absolute Gasteiger partial charge is 0.146 e. The first-order chi connectivity index (χ1) is 9.20. The van der Waals surface area contributed by atoms with Crippen molar-refractivity contribution in [2.45, 2.75) is 6.42 Å². The Morgan fingerprint density at radius 2 is 2.21 bits per heavy atom. The minimum atomic E-state index is -0.250. The minimum Gasteiger partial charge on any atom is -0.368 e. The van der Waals surface area contributed by atoms with Gasteiger partial charge in [-0.05, 0) is 30.2 Å². The zero-order chi connectivity index (χ0) is 13.7. The van der Waals surface area contributed by atoms with E-state index in [0.29, 0.717) is 29.4 Å². The van der Waals surface area contributed by atoms with Gasteiger partial charge in [0.1, 0.15) is 22.7 Å². The molecule has 2 aromatic rings. The van der Waals surface area contributed by atoms with Crippen LogP contribution in [-0.2, 0) is 6.42 Å². The fourth-order valence-corrected chi connectivity index (χ4v) is 1.89. The van der Waals surface area contributed by atoms with Crippen molar-refractivity contribution in [2.24, 2.45) is 0 Å². The van der Waals surface area contributed by atoms with Crippen molar-refractivity contribution in [3.8, 4) is 6.07 Å². The number of nitriles is 1. The summed E-state index contributed by atoms with van der Waals surface area (Å²) in [5, 5.41) is 12.2. The molecule has 5 heteroatoms. The van der Waals surface area contributed by atoms with Crippen LogP contribution in [0.25, 0.3) is 0 Å². The highest BCUT2D eigenvalue weighted by Crippen LogP contribution is 2.22. The fourth-order valence-electron chi connectivity index (χ4n) is 1.67. The molecule has 0 fully saturated rings. The maximum Gasteiger partial charge on any atom is 0.146 e. The molecule has 0 saturated heterocycles. The molecule has 0 aliphatic heterocycles. The SMILES string of the molecule is N#Cc1ccnc(NCCc2cccc(F)c2)c1Cl. The van der Waals surface area contributed by atoms with Crippen LogP contribution >= 0.6 is 11.6 Å². The van der Waals surface area contributed by atoms with Gasteiger partial charge in [0.05, 0.1) is 5.56 Å². The molecule has 0 spiro atoms. The maximum atomic E-state index is 13.0. The number of rotatable bonds is 4. The van der Waals surface area contributed by atoms with Gasteiger partial charge in [0.15, 0.2) is 0 Å². The van der Waals surface area contributed by atoms with E-state index in [1.165, 1.54) is 18.3 Å². The third-order valence-corrected chi connectivity index (χ3v) is 2.99. The number of aromatic nitrogens is 1. The van der Waals surface area contributed by atoms with Gasteiger partial charge >= 0.3 is 0 Å². The summed E-state index contributed by atoms with van der Waals surface area (Å²) < 4.78 is 13.0. The van der Waals surface area contributed by atoms with Crippen molar-refractivity contribution in [3.63, 3.8) is 0 Å². The van der Waals surface area contributed by atoms with E-state index in [1.54, 1.807) is 12.1 Å². The van der Waals surface area contributed by atoms with Crippen molar-refractivity contribution in [2.75, 3.05) is 11.9 Å². The van der Waals surface area contributed by atoms with Crippen LogP contribution in [0.1, 0.15) is 11.1 Å². The normalized spacial score (nSPS) is 9.95. The van der Waals surface area contributed by atoms with E-state index in [4.69, 9.17) is 16.9 Å². The number of halogens is 2. The number of benzene rings is 1. The molecule has 0 unspecified atom stereocenters. The standard InChI is InChI=1S/C14H11ClFN3/c15-13-11(9-17)5-7-19-14(13)18-6-4-10-2-1-3-12(16)8-10/h1-3,5,7-8H,4,6H2,(H,18,19). The van der Waals surface area contributed by atoms with Crippen molar-refractivity contribution >= 4 is 17.4 Å². The molecule has 1 aromatic carbocycles. The summed E-state index contributed by atoms with van der Waals surface area (Å²) in [7, 11) is 0. The summed E-state index contributed by atoms with van der Waals surface area (Å²) in [6.45, 7) is 0.561. The van der Waals surface area contributed by atoms with Crippen molar-refractivity contribution in [3.05, 3.63) is 58.5 Å². The lowest BCUT2D eigenvalue weighted by Gasteiger charge is -2.08. The lowest BCUT2D eigenvalue weighted by molar-refractivity contribution is 0.625. The van der Waals surface area contributed by atoms with Gasteiger partial charge in [-0.2, -0.15) is 5.26 Å². The second-order valence-corrected chi connectivity index (χ2v) is 4.32. The summed E-state index contributed by atoms with van der Waals surface area (Å²) in [5.74, 6) is 0.220. The van der Waals surface area contributed by atoms with Gasteiger partial charge in [-0.15, -0.1) is 0 Å². The molecule has 3 nitrogen and oxygen atoms in total. The number of hydrogen-bond acceptors (Lipinski definition) is 3. The van der Waals surface area contributed by atoms with Gasteiger partial charge in [-0.1, -0.05) is 23.7 Å². The molecule has 0 amide bonds. The third kappa shape index (κ3) is 3.43. The monoisotopic (exact) mass is 275 g/mol. The van der Waals surface area contributed by atoms with E-state index in [1.807, 2.05) is 12.1 Å². The second-order valence-electron chi connectivity index (χ2n) is 3.94. The molecule has 2 rings (SSSR count). The molecule has 0 aliphatic rings. The summed E-state index contributed by atoms with van der Waals surface area (Å²) in [6, 6.07) is 9.97. The Bertz CT molecular complexity index is 622. The Labute approximate surface area is 115 Å². The first kappa shape index (κ1) is 13.3. The van der Waals surface area contributed by atoms with Gasteiger partial charge in [0, 0.05) is 12.7 Å². The Balaban J connectivity index is 1.98. The zero-order valence-electron chi connectivity index (χ0n) is 10.0. The van der Waals surface area contributed by atoms with Crippen molar-refractivity contribution in [1.82, 2.24) is 4.98 Å². The lowest BCUT2D eigenvalue weighted by atomic mass is 10.1. The number of pyridine rings is 1. The molecule has 1 aromatic heterocycles. The predicted molar refractivity (Wildman–Crippen MR) is 72.6 cm³/mol. The first-order valence-electron chi connectivity index (χ1n) is 5.73. The van der Waals surface area contributed by atoms with E-state index in [9.17, 15) is 4.39 Å². The van der Waals surface area contributed by atoms with Gasteiger partial charge in [-0.25, -0.2) is 9.37 Å². The van der Waals surface area contributed by atoms with Crippen molar-refractivity contribution in [1.29, 1.82) is 5.26 Å². The van der Waals surface area contributed by atoms with E-state index in [0.717, 1.165) is 5.56 Å². The lowest BCUT2D eigenvalue weighted by Crippen LogP contribution is -2.07. The molecule has 0 aliphatic carbocycles. The van der Waals surface area contributed by atoms with Crippen LogP contribution in [0.2, 0.25) is 5.02 Å². The van der Waals surface area contributed by atoms with Crippen LogP contribution in [-0.4, -0.2) is 11.5 Å². The Morgan fingerprint density at radius 3 is 2.95 bits per heavy atom. The van der Waals surface area contributed by atoms with Crippen LogP contribution in [0.15, 0.2) is 36.5 Å². The van der Waals surface area contributed by atoms with Gasteiger partial charge in [-0.3, -0.25) is 0 Å². The average molecular weight is 276 g/mol. The molecule has 19 heavy (non-hydrogen) atoms. The summed E-state index contributed by atoms with van der Waals surface area (Å²) in [4.78, 5) is 4.07. The predicted octanol–water partition coefficient (Wildman–Crippen LogP) is 3.40. The largest absolute Gasteiger partial charge is 0.368 e. The molecule has 0 saturated carbocycles. The molecule has 0 radical (unpaired) electrons. The highest BCUT2D eigenvalue weighted by molar-refractivity contribution is 6.34. The third-order valence-electron chi connectivity index (χ3n) is 2.60. The van der Waals surface area contributed by atoms with Crippen molar-refractivity contribution < 1.29 is 4.39 Å². The minimum absolute atomic E-state index is 0.250. The average Bonchev–Trinajstić information content (AvgIpc) is 2.41. The summed E-state index contributed by atoms with van der Waals surface area (Å²) in [5.41, 5.74) is 1.27. The quantitative estimate of drug-likeness (QED) is 0.930. The van der Waals surface area contributed by atoms with Gasteiger partial charge in [0.25, 0.3) is 0 Å². The number of nitrogens with one attached hydrogen (secondary N) is 1. The zero-order valence-corrected chi connectivity index (χ0v) is 10.8. The molecular formula is C14H11ClFN3. The van der Waals surface area contributed by atoms with E-state index in [2.05, 4.69) is 10.3 Å². The summed E-state index contributed by atoms with van der Waals surface area (Å²) in [6.07, 6.45) is 2.17. The number of nitrogens with zero attached hydrogens (tertiary/aromatic N) is 2. The van der Waals surface area contributed by atoms with Gasteiger partial charge in [0.2, 0.25) is 0 Å². The topological polar surface area (TPSA) is 48.7 Å².